The Balaban J connectivity index is 1.79. The van der Waals surface area contributed by atoms with Crippen LogP contribution in [0.25, 0.3) is 0 Å². The van der Waals surface area contributed by atoms with E-state index in [1.54, 1.807) is 35.2 Å². The number of hydrogen-bond acceptors (Lipinski definition) is 2. The maximum absolute atomic E-state index is 12.4. The second-order valence-electron chi connectivity index (χ2n) is 5.67. The summed E-state index contributed by atoms with van der Waals surface area (Å²) in [5.41, 5.74) is 1.79. The van der Waals surface area contributed by atoms with Gasteiger partial charge < -0.3 is 10.2 Å². The molecule has 2 aromatic carbocycles. The van der Waals surface area contributed by atoms with E-state index >= 15 is 0 Å². The average molecular weight is 363 g/mol. The fourth-order valence-electron chi connectivity index (χ4n) is 2.72. The minimum atomic E-state index is -0.304. The first-order valence-corrected chi connectivity index (χ1v) is 8.46. The lowest BCUT2D eigenvalue weighted by atomic mass is 10.1. The molecule has 2 amide bonds. The summed E-state index contributed by atoms with van der Waals surface area (Å²) in [7, 11) is 0. The first-order chi connectivity index (χ1) is 11.5. The van der Waals surface area contributed by atoms with Crippen molar-refractivity contribution >= 4 is 46.4 Å². The van der Waals surface area contributed by atoms with E-state index in [2.05, 4.69) is 5.32 Å². The van der Waals surface area contributed by atoms with Gasteiger partial charge in [-0.1, -0.05) is 29.3 Å². The summed E-state index contributed by atoms with van der Waals surface area (Å²) in [5, 5.41) is 3.62. The molecule has 1 heterocycles. The van der Waals surface area contributed by atoms with E-state index in [9.17, 15) is 9.59 Å². The number of rotatable bonds is 3. The number of carbonyl (C=O) groups excluding carboxylic acids is 2. The summed E-state index contributed by atoms with van der Waals surface area (Å²) in [6, 6.07) is 12.0. The number of nitrogens with one attached hydrogen (secondary N) is 1. The molecule has 6 heteroatoms. The molecule has 4 nitrogen and oxygen atoms in total. The molecular weight excluding hydrogens is 347 g/mol. The lowest BCUT2D eigenvalue weighted by Crippen LogP contribution is -2.35. The van der Waals surface area contributed by atoms with Gasteiger partial charge in [0, 0.05) is 39.9 Å². The molecule has 1 fully saturated rings. The Hall–Kier alpha value is -2.04. The van der Waals surface area contributed by atoms with Crippen molar-refractivity contribution in [1.82, 2.24) is 0 Å². The smallest absolute Gasteiger partial charge is 0.255 e. The van der Waals surface area contributed by atoms with E-state index in [1.807, 2.05) is 12.1 Å². The predicted octanol–water partition coefficient (Wildman–Crippen LogP) is 4.76. The Kier molecular flexibility index (Phi) is 5.07. The van der Waals surface area contributed by atoms with E-state index in [-0.39, 0.29) is 11.8 Å². The van der Waals surface area contributed by atoms with E-state index in [0.717, 1.165) is 18.5 Å². The van der Waals surface area contributed by atoms with E-state index in [1.165, 1.54) is 0 Å². The van der Waals surface area contributed by atoms with Gasteiger partial charge in [0.2, 0.25) is 5.91 Å². The molecule has 0 spiro atoms. The topological polar surface area (TPSA) is 49.4 Å². The third-order valence-electron chi connectivity index (χ3n) is 3.86. The molecule has 0 bridgehead atoms. The molecule has 0 aromatic heterocycles. The van der Waals surface area contributed by atoms with Crippen LogP contribution in [0.1, 0.15) is 29.6 Å². The first kappa shape index (κ1) is 16.8. The van der Waals surface area contributed by atoms with E-state index in [4.69, 9.17) is 23.2 Å². The van der Waals surface area contributed by atoms with Gasteiger partial charge in [-0.2, -0.15) is 0 Å². The maximum Gasteiger partial charge on any atom is 0.255 e. The van der Waals surface area contributed by atoms with E-state index in [0.29, 0.717) is 34.3 Å². The Bertz CT molecular complexity index is 772. The van der Waals surface area contributed by atoms with Gasteiger partial charge in [0.05, 0.1) is 0 Å². The van der Waals surface area contributed by atoms with Gasteiger partial charge in [0.25, 0.3) is 5.91 Å². The van der Waals surface area contributed by atoms with Gasteiger partial charge in [-0.3, -0.25) is 9.59 Å². The number of nitrogens with zero attached hydrogens (tertiary/aromatic N) is 1. The van der Waals surface area contributed by atoms with Gasteiger partial charge in [0.15, 0.2) is 0 Å². The number of hydrogen-bond donors (Lipinski definition) is 1. The van der Waals surface area contributed by atoms with Crippen LogP contribution in [0.5, 0.6) is 0 Å². The summed E-state index contributed by atoms with van der Waals surface area (Å²) < 4.78 is 0. The zero-order valence-electron chi connectivity index (χ0n) is 12.9. The highest BCUT2D eigenvalue weighted by molar-refractivity contribution is 6.35. The molecule has 1 aliphatic rings. The van der Waals surface area contributed by atoms with Crippen LogP contribution < -0.4 is 10.2 Å². The standard InChI is InChI=1S/C18H16Cl2N2O2/c19-13-8-12(9-14(20)10-13)18(24)21-15-4-3-5-16(11-15)22-7-2-1-6-17(22)23/h3-5,8-11H,1-2,6-7H2,(H,21,24). The Morgan fingerprint density at radius 1 is 1.04 bits per heavy atom. The minimum absolute atomic E-state index is 0.117. The fraction of sp³-hybridized carbons (Fsp3) is 0.222. The van der Waals surface area contributed by atoms with Gasteiger partial charge in [-0.25, -0.2) is 0 Å². The number of anilines is 2. The number of halogens is 2. The Morgan fingerprint density at radius 2 is 1.79 bits per heavy atom. The summed E-state index contributed by atoms with van der Waals surface area (Å²) in [4.78, 5) is 26.2. The van der Waals surface area contributed by atoms with Crippen LogP contribution in [0.15, 0.2) is 42.5 Å². The average Bonchev–Trinajstić information content (AvgIpc) is 2.54. The van der Waals surface area contributed by atoms with Gasteiger partial charge in [0.1, 0.15) is 0 Å². The van der Waals surface area contributed by atoms with Crippen molar-refractivity contribution in [2.24, 2.45) is 0 Å². The third-order valence-corrected chi connectivity index (χ3v) is 4.30. The highest BCUT2D eigenvalue weighted by Crippen LogP contribution is 2.25. The van der Waals surface area contributed by atoms with Gasteiger partial charge in [-0.15, -0.1) is 0 Å². The lowest BCUT2D eigenvalue weighted by Gasteiger charge is -2.27. The maximum atomic E-state index is 12.4. The van der Waals surface area contributed by atoms with Crippen molar-refractivity contribution in [3.63, 3.8) is 0 Å². The number of piperidine rings is 1. The highest BCUT2D eigenvalue weighted by Gasteiger charge is 2.20. The summed E-state index contributed by atoms with van der Waals surface area (Å²) >= 11 is 11.9. The third kappa shape index (κ3) is 3.89. The van der Waals surface area contributed by atoms with Gasteiger partial charge in [-0.05, 0) is 49.2 Å². The van der Waals surface area contributed by atoms with Gasteiger partial charge >= 0.3 is 0 Å². The van der Waals surface area contributed by atoms with Crippen LogP contribution in [-0.4, -0.2) is 18.4 Å². The Labute approximate surface area is 150 Å². The second kappa shape index (κ2) is 7.24. The molecule has 1 aliphatic heterocycles. The number of carbonyl (C=O) groups is 2. The Morgan fingerprint density at radius 3 is 2.50 bits per heavy atom. The van der Waals surface area contributed by atoms with E-state index < -0.39 is 0 Å². The summed E-state index contributed by atoms with van der Waals surface area (Å²) in [6.07, 6.45) is 2.49. The molecule has 3 rings (SSSR count). The molecular formula is C18H16Cl2N2O2. The van der Waals surface area contributed by atoms with Crippen molar-refractivity contribution < 1.29 is 9.59 Å². The van der Waals surface area contributed by atoms with Crippen LogP contribution in [0.3, 0.4) is 0 Å². The largest absolute Gasteiger partial charge is 0.322 e. The van der Waals surface area contributed by atoms with Crippen molar-refractivity contribution in [2.45, 2.75) is 19.3 Å². The van der Waals surface area contributed by atoms with Crippen LogP contribution in [0, 0.1) is 0 Å². The van der Waals surface area contributed by atoms with Crippen molar-refractivity contribution in [1.29, 1.82) is 0 Å². The summed E-state index contributed by atoms with van der Waals surface area (Å²) in [5.74, 6) is -0.187. The number of amides is 2. The molecule has 0 saturated carbocycles. The fourth-order valence-corrected chi connectivity index (χ4v) is 3.24. The number of benzene rings is 2. The highest BCUT2D eigenvalue weighted by atomic mass is 35.5. The first-order valence-electron chi connectivity index (χ1n) is 7.71. The lowest BCUT2D eigenvalue weighted by molar-refractivity contribution is -0.119. The van der Waals surface area contributed by atoms with Crippen LogP contribution in [0.4, 0.5) is 11.4 Å². The normalized spacial score (nSPS) is 14.6. The molecule has 124 valence electrons. The SMILES string of the molecule is O=C(Nc1cccc(N2CCCCC2=O)c1)c1cc(Cl)cc(Cl)c1. The monoisotopic (exact) mass is 362 g/mol. The molecule has 0 radical (unpaired) electrons. The summed E-state index contributed by atoms with van der Waals surface area (Å²) in [6.45, 7) is 0.708. The molecule has 0 aliphatic carbocycles. The minimum Gasteiger partial charge on any atom is -0.322 e. The van der Waals surface area contributed by atoms with Crippen LogP contribution in [0.2, 0.25) is 10.0 Å². The van der Waals surface area contributed by atoms with Crippen molar-refractivity contribution in [3.05, 3.63) is 58.1 Å². The van der Waals surface area contributed by atoms with Crippen molar-refractivity contribution in [3.8, 4) is 0 Å². The quantitative estimate of drug-likeness (QED) is 0.855. The van der Waals surface area contributed by atoms with Crippen LogP contribution >= 0.6 is 23.2 Å². The molecule has 24 heavy (non-hydrogen) atoms. The predicted molar refractivity (Wildman–Crippen MR) is 97.1 cm³/mol. The molecule has 0 unspecified atom stereocenters. The van der Waals surface area contributed by atoms with Crippen molar-refractivity contribution in [2.75, 3.05) is 16.8 Å². The second-order valence-corrected chi connectivity index (χ2v) is 6.54. The zero-order chi connectivity index (χ0) is 17.1. The molecule has 0 atom stereocenters. The molecule has 1 saturated heterocycles. The molecule has 1 N–H and O–H groups in total. The van der Waals surface area contributed by atoms with Crippen LogP contribution in [-0.2, 0) is 4.79 Å². The molecule has 2 aromatic rings. The zero-order valence-corrected chi connectivity index (χ0v) is 14.4.